The number of carbonyl (C=O) groups is 1. The number of fused-ring (bicyclic) bond motifs is 3. The Morgan fingerprint density at radius 1 is 0.970 bits per heavy atom. The minimum atomic E-state index is -0.452. The van der Waals surface area contributed by atoms with E-state index in [0.717, 1.165) is 59.1 Å². The number of esters is 1. The van der Waals surface area contributed by atoms with Crippen LogP contribution in [0.15, 0.2) is 45.3 Å². The molecule has 0 aliphatic carbocycles. The summed E-state index contributed by atoms with van der Waals surface area (Å²) in [7, 11) is 0. The summed E-state index contributed by atoms with van der Waals surface area (Å²) < 4.78 is 9.34. The number of ether oxygens (including phenoxy) is 1. The molecule has 0 bridgehead atoms. The maximum Gasteiger partial charge on any atom is 0.305 e. The van der Waals surface area contributed by atoms with E-state index in [1.165, 1.54) is 10.8 Å². The van der Waals surface area contributed by atoms with Crippen LogP contribution in [0.4, 0.5) is 0 Å². The van der Waals surface area contributed by atoms with Crippen molar-refractivity contribution in [2.75, 3.05) is 45.9 Å². The Kier molecular flexibility index (Phi) is 8.46. The zero-order valence-electron chi connectivity index (χ0n) is 19.0. The lowest BCUT2D eigenvalue weighted by molar-refractivity contribution is -0.143. The van der Waals surface area contributed by atoms with Crippen molar-refractivity contribution in [1.29, 1.82) is 0 Å². The third kappa shape index (κ3) is 6.17. The fourth-order valence-electron chi connectivity index (χ4n) is 4.69. The van der Waals surface area contributed by atoms with Crippen molar-refractivity contribution in [3.63, 3.8) is 0 Å². The molecule has 1 saturated heterocycles. The number of carbonyl (C=O) groups excluding carboxylic acids is 1. The maximum atomic E-state index is 11.5. The standard InChI is InChI=1S/C25H31Br2N3O3/c1-2-33-25(32)4-3-9-28-10-12-29(13-11-28)16-20(31)17-30-23-7-5-18(26)14-21(23)22-15-19(27)6-8-24(22)30/h5-8,14-15,20,31H,2-4,9-13,16-17H2,1H3/t20-/m1/s1. The molecule has 8 heteroatoms. The molecule has 1 atom stereocenters. The molecular weight excluding hydrogens is 550 g/mol. The second kappa shape index (κ2) is 11.3. The number of aliphatic hydroxyl groups excluding tert-OH is 1. The number of aromatic nitrogens is 1. The van der Waals surface area contributed by atoms with Gasteiger partial charge in [0.25, 0.3) is 0 Å². The van der Waals surface area contributed by atoms with Gasteiger partial charge in [-0.1, -0.05) is 31.9 Å². The van der Waals surface area contributed by atoms with Crippen LogP contribution in [-0.4, -0.2) is 77.4 Å². The van der Waals surface area contributed by atoms with Crippen LogP contribution in [0.25, 0.3) is 21.8 Å². The molecule has 6 nitrogen and oxygen atoms in total. The van der Waals surface area contributed by atoms with Crippen LogP contribution in [0, 0.1) is 0 Å². The number of hydrogen-bond donors (Lipinski definition) is 1. The topological polar surface area (TPSA) is 57.9 Å². The molecule has 2 heterocycles. The molecule has 178 valence electrons. The average molecular weight is 581 g/mol. The summed E-state index contributed by atoms with van der Waals surface area (Å²) in [6.07, 6.45) is 0.867. The van der Waals surface area contributed by atoms with Crippen molar-refractivity contribution in [3.05, 3.63) is 45.3 Å². The van der Waals surface area contributed by atoms with E-state index in [2.05, 4.69) is 82.6 Å². The van der Waals surface area contributed by atoms with E-state index in [1.807, 2.05) is 6.92 Å². The summed E-state index contributed by atoms with van der Waals surface area (Å²) in [5.41, 5.74) is 2.27. The average Bonchev–Trinajstić information content (AvgIpc) is 3.07. The van der Waals surface area contributed by atoms with Crippen LogP contribution >= 0.6 is 31.9 Å². The lowest BCUT2D eigenvalue weighted by Gasteiger charge is -2.35. The highest BCUT2D eigenvalue weighted by Gasteiger charge is 2.21. The largest absolute Gasteiger partial charge is 0.466 e. The van der Waals surface area contributed by atoms with Gasteiger partial charge in [0.05, 0.1) is 19.3 Å². The molecule has 1 fully saturated rings. The van der Waals surface area contributed by atoms with E-state index in [0.29, 0.717) is 26.1 Å². The van der Waals surface area contributed by atoms with Crippen LogP contribution in [-0.2, 0) is 16.1 Å². The van der Waals surface area contributed by atoms with E-state index in [1.54, 1.807) is 0 Å². The molecule has 0 unspecified atom stereocenters. The first kappa shape index (κ1) is 24.7. The third-order valence-corrected chi connectivity index (χ3v) is 7.26. The molecule has 0 amide bonds. The molecule has 33 heavy (non-hydrogen) atoms. The van der Waals surface area contributed by atoms with Crippen molar-refractivity contribution >= 4 is 59.6 Å². The Morgan fingerprint density at radius 2 is 1.55 bits per heavy atom. The molecule has 4 rings (SSSR count). The molecule has 2 aromatic carbocycles. The van der Waals surface area contributed by atoms with Crippen LogP contribution < -0.4 is 0 Å². The predicted octanol–water partition coefficient (Wildman–Crippen LogP) is 4.64. The number of aliphatic hydroxyl groups is 1. The minimum Gasteiger partial charge on any atom is -0.466 e. The van der Waals surface area contributed by atoms with E-state index in [4.69, 9.17) is 4.74 Å². The van der Waals surface area contributed by atoms with E-state index >= 15 is 0 Å². The lowest BCUT2D eigenvalue weighted by atomic mass is 10.2. The molecule has 1 aliphatic rings. The van der Waals surface area contributed by atoms with E-state index in [-0.39, 0.29) is 5.97 Å². The Hall–Kier alpha value is -1.45. The van der Waals surface area contributed by atoms with Crippen LogP contribution in [0.2, 0.25) is 0 Å². The minimum absolute atomic E-state index is 0.107. The fraction of sp³-hybridized carbons (Fsp3) is 0.480. The number of nitrogens with zero attached hydrogens (tertiary/aromatic N) is 3. The van der Waals surface area contributed by atoms with Crippen LogP contribution in [0.3, 0.4) is 0 Å². The monoisotopic (exact) mass is 579 g/mol. The van der Waals surface area contributed by atoms with Crippen molar-refractivity contribution in [2.45, 2.75) is 32.4 Å². The first-order chi connectivity index (χ1) is 15.9. The summed E-state index contributed by atoms with van der Waals surface area (Å²) in [6.45, 7) is 8.22. The summed E-state index contributed by atoms with van der Waals surface area (Å²) in [4.78, 5) is 16.2. The van der Waals surface area contributed by atoms with Crippen molar-refractivity contribution in [2.24, 2.45) is 0 Å². The smallest absolute Gasteiger partial charge is 0.305 e. The SMILES string of the molecule is CCOC(=O)CCCN1CCN(C[C@@H](O)Cn2c3ccc(Br)cc3c3cc(Br)ccc32)CC1. The van der Waals surface area contributed by atoms with Gasteiger partial charge in [-0.05, 0) is 56.3 Å². The van der Waals surface area contributed by atoms with Gasteiger partial charge in [0, 0.05) is 69.9 Å². The molecule has 0 spiro atoms. The van der Waals surface area contributed by atoms with Gasteiger partial charge in [-0.2, -0.15) is 0 Å². The van der Waals surface area contributed by atoms with E-state index < -0.39 is 6.10 Å². The third-order valence-electron chi connectivity index (χ3n) is 6.28. The van der Waals surface area contributed by atoms with Gasteiger partial charge < -0.3 is 19.3 Å². The summed E-state index contributed by atoms with van der Waals surface area (Å²) in [6, 6.07) is 12.6. The van der Waals surface area contributed by atoms with Gasteiger partial charge in [-0.25, -0.2) is 0 Å². The molecule has 0 saturated carbocycles. The summed E-state index contributed by atoms with van der Waals surface area (Å²) >= 11 is 7.19. The van der Waals surface area contributed by atoms with Crippen molar-refractivity contribution in [1.82, 2.24) is 14.4 Å². The summed E-state index contributed by atoms with van der Waals surface area (Å²) in [5, 5.41) is 13.3. The maximum absolute atomic E-state index is 11.5. The molecular formula is C25H31Br2N3O3. The fourth-order valence-corrected chi connectivity index (χ4v) is 5.41. The van der Waals surface area contributed by atoms with Crippen molar-refractivity contribution in [3.8, 4) is 0 Å². The molecule has 1 aliphatic heterocycles. The first-order valence-corrected chi connectivity index (χ1v) is 13.2. The van der Waals surface area contributed by atoms with Gasteiger partial charge >= 0.3 is 5.97 Å². The number of rotatable bonds is 9. The Morgan fingerprint density at radius 3 is 2.12 bits per heavy atom. The van der Waals surface area contributed by atoms with E-state index in [9.17, 15) is 9.90 Å². The van der Waals surface area contributed by atoms with Crippen LogP contribution in [0.5, 0.6) is 0 Å². The highest BCUT2D eigenvalue weighted by atomic mass is 79.9. The van der Waals surface area contributed by atoms with Gasteiger partial charge in [0.15, 0.2) is 0 Å². The Balaban J connectivity index is 1.34. The van der Waals surface area contributed by atoms with Gasteiger partial charge in [0.1, 0.15) is 0 Å². The Bertz CT molecular complexity index is 1050. The Labute approximate surface area is 211 Å². The lowest BCUT2D eigenvalue weighted by Crippen LogP contribution is -2.49. The molecule has 1 aromatic heterocycles. The zero-order chi connectivity index (χ0) is 23.4. The number of β-amino-alcohol motifs (C(OH)–C–C–N with tert-alkyl or cyclic N) is 1. The number of piperazine rings is 1. The van der Waals surface area contributed by atoms with Crippen molar-refractivity contribution < 1.29 is 14.6 Å². The zero-order valence-corrected chi connectivity index (χ0v) is 22.1. The first-order valence-electron chi connectivity index (χ1n) is 11.6. The van der Waals surface area contributed by atoms with Crippen LogP contribution in [0.1, 0.15) is 19.8 Å². The van der Waals surface area contributed by atoms with Gasteiger partial charge in [-0.3, -0.25) is 9.69 Å². The molecule has 0 radical (unpaired) electrons. The number of benzene rings is 2. The highest BCUT2D eigenvalue weighted by Crippen LogP contribution is 2.33. The van der Waals surface area contributed by atoms with Gasteiger partial charge in [0.2, 0.25) is 0 Å². The normalized spacial score (nSPS) is 16.5. The second-order valence-electron chi connectivity index (χ2n) is 8.64. The summed E-state index contributed by atoms with van der Waals surface area (Å²) in [5.74, 6) is -0.107. The number of halogens is 2. The molecule has 1 N–H and O–H groups in total. The second-order valence-corrected chi connectivity index (χ2v) is 10.5. The van der Waals surface area contributed by atoms with Gasteiger partial charge in [-0.15, -0.1) is 0 Å². The quantitative estimate of drug-likeness (QED) is 0.374. The molecule has 3 aromatic rings. The highest BCUT2D eigenvalue weighted by molar-refractivity contribution is 9.10. The predicted molar refractivity (Wildman–Crippen MR) is 140 cm³/mol. The number of hydrogen-bond acceptors (Lipinski definition) is 5.